The fraction of sp³-hybridized carbons (Fsp3) is 0.381. The number of likely N-dealkylation sites (tertiary alicyclic amines) is 1. The number of para-hydroxylation sites is 1. The molecule has 0 saturated carbocycles. The van der Waals surface area contributed by atoms with Crippen molar-refractivity contribution in [2.45, 2.75) is 38.8 Å². The highest BCUT2D eigenvalue weighted by atomic mass is 16.5. The summed E-state index contributed by atoms with van der Waals surface area (Å²) >= 11 is 0. The molecule has 1 aromatic carbocycles. The van der Waals surface area contributed by atoms with E-state index in [4.69, 9.17) is 4.74 Å². The first kappa shape index (κ1) is 19.0. The molecule has 1 amide bonds. The summed E-state index contributed by atoms with van der Waals surface area (Å²) in [4.78, 5) is 31.4. The maximum absolute atomic E-state index is 12.7. The zero-order chi connectivity index (χ0) is 20.2. The number of hydrogen-bond acceptors (Lipinski definition) is 6. The van der Waals surface area contributed by atoms with E-state index in [1.165, 1.54) is 10.9 Å². The predicted octanol–water partition coefficient (Wildman–Crippen LogP) is 1.96. The van der Waals surface area contributed by atoms with E-state index >= 15 is 0 Å². The Morgan fingerprint density at radius 2 is 2.07 bits per heavy atom. The van der Waals surface area contributed by atoms with Crippen LogP contribution < -0.4 is 10.3 Å². The second-order valence-corrected chi connectivity index (χ2v) is 7.25. The number of hydrogen-bond donors (Lipinski definition) is 0. The summed E-state index contributed by atoms with van der Waals surface area (Å²) in [6.45, 7) is 3.39. The maximum Gasteiger partial charge on any atom is 0.261 e. The van der Waals surface area contributed by atoms with Crippen LogP contribution >= 0.6 is 0 Å². The van der Waals surface area contributed by atoms with Gasteiger partial charge in [-0.15, -0.1) is 5.10 Å². The van der Waals surface area contributed by atoms with Gasteiger partial charge in [-0.25, -0.2) is 4.98 Å². The van der Waals surface area contributed by atoms with Crippen molar-refractivity contribution >= 4 is 16.8 Å². The molecule has 0 aliphatic carbocycles. The minimum absolute atomic E-state index is 0.00773. The van der Waals surface area contributed by atoms with Gasteiger partial charge < -0.3 is 9.64 Å². The second-order valence-electron chi connectivity index (χ2n) is 7.25. The Morgan fingerprint density at radius 3 is 2.90 bits per heavy atom. The zero-order valence-corrected chi connectivity index (χ0v) is 16.3. The molecule has 0 radical (unpaired) electrons. The van der Waals surface area contributed by atoms with Crippen LogP contribution in [-0.4, -0.2) is 49.7 Å². The van der Waals surface area contributed by atoms with E-state index in [0.717, 1.165) is 18.5 Å². The molecule has 3 heterocycles. The van der Waals surface area contributed by atoms with Gasteiger partial charge in [0.25, 0.3) is 5.56 Å². The average molecular weight is 393 g/mol. The van der Waals surface area contributed by atoms with Crippen molar-refractivity contribution in [3.63, 3.8) is 0 Å². The van der Waals surface area contributed by atoms with Gasteiger partial charge in [0.1, 0.15) is 6.10 Å². The van der Waals surface area contributed by atoms with Crippen LogP contribution in [0.5, 0.6) is 5.88 Å². The second kappa shape index (κ2) is 8.38. The zero-order valence-electron chi connectivity index (χ0n) is 16.3. The molecule has 1 aliphatic heterocycles. The number of aryl methyl sites for hydroxylation is 2. The number of benzene rings is 1. The quantitative estimate of drug-likeness (QED) is 0.658. The lowest BCUT2D eigenvalue weighted by Gasteiger charge is -2.32. The molecule has 0 spiro atoms. The number of rotatable bonds is 5. The number of carbonyl (C=O) groups is 1. The number of nitrogens with zero attached hydrogens (tertiary/aromatic N) is 5. The van der Waals surface area contributed by atoms with Gasteiger partial charge >= 0.3 is 0 Å². The molecular formula is C21H23N5O3. The monoisotopic (exact) mass is 393 g/mol. The molecule has 0 N–H and O–H groups in total. The van der Waals surface area contributed by atoms with Gasteiger partial charge in [0, 0.05) is 25.6 Å². The Hall–Kier alpha value is -3.29. The Morgan fingerprint density at radius 1 is 1.21 bits per heavy atom. The summed E-state index contributed by atoms with van der Waals surface area (Å²) in [7, 11) is 0. The van der Waals surface area contributed by atoms with E-state index < -0.39 is 0 Å². The highest BCUT2D eigenvalue weighted by Gasteiger charge is 2.25. The van der Waals surface area contributed by atoms with Gasteiger partial charge in [0.05, 0.1) is 29.5 Å². The first-order chi connectivity index (χ1) is 14.1. The smallest absolute Gasteiger partial charge is 0.261 e. The first-order valence-electron chi connectivity index (χ1n) is 9.79. The summed E-state index contributed by atoms with van der Waals surface area (Å²) < 4.78 is 7.39. The third-order valence-electron chi connectivity index (χ3n) is 5.09. The average Bonchev–Trinajstić information content (AvgIpc) is 2.75. The molecule has 2 aromatic heterocycles. The highest BCUT2D eigenvalue weighted by molar-refractivity contribution is 5.77. The Bertz CT molecular complexity index is 1060. The molecule has 29 heavy (non-hydrogen) atoms. The van der Waals surface area contributed by atoms with Crippen LogP contribution in [0.15, 0.2) is 47.5 Å². The number of aromatic nitrogens is 4. The van der Waals surface area contributed by atoms with Gasteiger partial charge in [-0.05, 0) is 38.0 Å². The van der Waals surface area contributed by atoms with E-state index in [-0.39, 0.29) is 24.0 Å². The molecule has 8 nitrogen and oxygen atoms in total. The molecule has 1 saturated heterocycles. The van der Waals surface area contributed by atoms with Crippen molar-refractivity contribution in [1.29, 1.82) is 0 Å². The number of ether oxygens (including phenoxy) is 1. The topological polar surface area (TPSA) is 90.2 Å². The molecule has 1 fully saturated rings. The summed E-state index contributed by atoms with van der Waals surface area (Å²) in [5.41, 5.74) is 1.37. The minimum Gasteiger partial charge on any atom is -0.471 e. The van der Waals surface area contributed by atoms with Crippen LogP contribution in [-0.2, 0) is 11.3 Å². The third kappa shape index (κ3) is 4.42. The van der Waals surface area contributed by atoms with Crippen molar-refractivity contribution in [3.8, 4) is 5.88 Å². The number of amides is 1. The van der Waals surface area contributed by atoms with Gasteiger partial charge in [-0.1, -0.05) is 12.1 Å². The van der Waals surface area contributed by atoms with Crippen molar-refractivity contribution in [1.82, 2.24) is 24.6 Å². The van der Waals surface area contributed by atoms with Crippen LogP contribution in [0, 0.1) is 6.92 Å². The third-order valence-corrected chi connectivity index (χ3v) is 5.09. The van der Waals surface area contributed by atoms with Crippen LogP contribution in [0.1, 0.15) is 25.0 Å². The van der Waals surface area contributed by atoms with Crippen molar-refractivity contribution in [2.24, 2.45) is 0 Å². The van der Waals surface area contributed by atoms with Crippen LogP contribution in [0.2, 0.25) is 0 Å². The van der Waals surface area contributed by atoms with Gasteiger partial charge in [0.15, 0.2) is 0 Å². The van der Waals surface area contributed by atoms with E-state index in [2.05, 4.69) is 15.2 Å². The fourth-order valence-electron chi connectivity index (χ4n) is 3.52. The maximum atomic E-state index is 12.7. The molecule has 3 aromatic rings. The van der Waals surface area contributed by atoms with Gasteiger partial charge in [-0.3, -0.25) is 14.2 Å². The van der Waals surface area contributed by atoms with E-state index in [1.54, 1.807) is 23.1 Å². The largest absolute Gasteiger partial charge is 0.471 e. The molecule has 0 unspecified atom stereocenters. The lowest BCUT2D eigenvalue weighted by molar-refractivity contribution is -0.134. The molecular weight excluding hydrogens is 370 g/mol. The van der Waals surface area contributed by atoms with Crippen LogP contribution in [0.3, 0.4) is 0 Å². The molecule has 0 bridgehead atoms. The molecule has 4 rings (SSSR count). The summed E-state index contributed by atoms with van der Waals surface area (Å²) in [5, 5.41) is 8.59. The van der Waals surface area contributed by atoms with E-state index in [9.17, 15) is 9.59 Å². The number of piperidine rings is 1. The molecule has 1 aliphatic rings. The highest BCUT2D eigenvalue weighted by Crippen LogP contribution is 2.17. The Kier molecular flexibility index (Phi) is 5.50. The van der Waals surface area contributed by atoms with Crippen molar-refractivity contribution < 1.29 is 9.53 Å². The van der Waals surface area contributed by atoms with E-state index in [1.807, 2.05) is 25.1 Å². The number of carbonyl (C=O) groups excluding carboxylic acids is 1. The fourth-order valence-corrected chi connectivity index (χ4v) is 3.52. The van der Waals surface area contributed by atoms with Gasteiger partial charge in [-0.2, -0.15) is 5.10 Å². The summed E-state index contributed by atoms with van der Waals surface area (Å²) in [6, 6.07) is 10.9. The lowest BCUT2D eigenvalue weighted by Crippen LogP contribution is -2.44. The molecule has 1 atom stereocenters. The molecule has 8 heteroatoms. The summed E-state index contributed by atoms with van der Waals surface area (Å²) in [6.07, 6.45) is 3.39. The van der Waals surface area contributed by atoms with Crippen LogP contribution in [0.25, 0.3) is 10.9 Å². The normalized spacial score (nSPS) is 16.7. The Labute approximate surface area is 168 Å². The van der Waals surface area contributed by atoms with Crippen molar-refractivity contribution in [3.05, 3.63) is 58.8 Å². The lowest BCUT2D eigenvalue weighted by atomic mass is 10.1. The minimum atomic E-state index is -0.124. The summed E-state index contributed by atoms with van der Waals surface area (Å²) in [5.74, 6) is 0.483. The number of fused-ring (bicyclic) bond motifs is 1. The molecule has 150 valence electrons. The Balaban J connectivity index is 1.36. The predicted molar refractivity (Wildman–Crippen MR) is 108 cm³/mol. The standard InChI is InChI=1S/C21H23N5O3/c1-15-8-9-19(24-23-15)29-16-5-4-11-25(13-16)20(27)10-12-26-14-22-18-7-3-2-6-17(18)21(26)28/h2-3,6-9,14,16H,4-5,10-13H2,1H3/t16-/m1/s1. The van der Waals surface area contributed by atoms with Crippen LogP contribution in [0.4, 0.5) is 0 Å². The SMILES string of the molecule is Cc1ccc(O[C@@H]2CCCN(C(=O)CCn3cnc4ccccc4c3=O)C2)nn1. The van der Waals surface area contributed by atoms with Crippen molar-refractivity contribution in [2.75, 3.05) is 13.1 Å². The first-order valence-corrected chi connectivity index (χ1v) is 9.79. The van der Waals surface area contributed by atoms with Gasteiger partial charge in [0.2, 0.25) is 11.8 Å². The van der Waals surface area contributed by atoms with E-state index in [0.29, 0.717) is 36.4 Å².